The second-order valence-electron chi connectivity index (χ2n) is 9.03. The molecule has 0 aromatic heterocycles. The maximum absolute atomic E-state index is 2.87. The van der Waals surface area contributed by atoms with E-state index in [1.165, 1.54) is 90.4 Å². The molecular weight excluding hydrogens is 336 g/mol. The van der Waals surface area contributed by atoms with E-state index in [0.29, 0.717) is 9.49 Å². The van der Waals surface area contributed by atoms with Gasteiger partial charge in [0.15, 0.2) is 0 Å². The number of thioether (sulfide) groups is 1. The van der Waals surface area contributed by atoms with Crippen molar-refractivity contribution in [3.8, 4) is 0 Å². The highest BCUT2D eigenvalue weighted by atomic mass is 35.5. The van der Waals surface area contributed by atoms with Crippen LogP contribution in [0.2, 0.25) is 0 Å². The fourth-order valence-corrected chi connectivity index (χ4v) is 8.47. The summed E-state index contributed by atoms with van der Waals surface area (Å²) in [6.07, 6.45) is 14.4. The molecule has 0 amide bonds. The summed E-state index contributed by atoms with van der Waals surface area (Å²) in [5, 5.41) is 0. The summed E-state index contributed by atoms with van der Waals surface area (Å²) < 4.78 is 1.02. The van der Waals surface area contributed by atoms with E-state index in [2.05, 4.69) is 35.4 Å². The predicted octanol–water partition coefficient (Wildman–Crippen LogP) is 4.96. The first-order valence-electron chi connectivity index (χ1n) is 10.3. The van der Waals surface area contributed by atoms with E-state index in [-0.39, 0.29) is 12.4 Å². The molecule has 4 heteroatoms. The third-order valence-electron chi connectivity index (χ3n) is 7.37. The average molecular weight is 373 g/mol. The van der Waals surface area contributed by atoms with Crippen molar-refractivity contribution >= 4 is 24.2 Å². The molecule has 4 aliphatic heterocycles. The summed E-state index contributed by atoms with van der Waals surface area (Å²) in [7, 11) is 0. The van der Waals surface area contributed by atoms with Gasteiger partial charge in [-0.05, 0) is 91.4 Å². The maximum Gasteiger partial charge on any atom is 0.0293 e. The number of nitrogens with zero attached hydrogens (tertiary/aromatic N) is 2. The Morgan fingerprint density at radius 3 is 1.42 bits per heavy atom. The number of piperidine rings is 2. The minimum absolute atomic E-state index is 0. The Hall–Kier alpha value is 0.560. The van der Waals surface area contributed by atoms with E-state index in [4.69, 9.17) is 0 Å². The Labute approximate surface area is 159 Å². The lowest BCUT2D eigenvalue weighted by molar-refractivity contribution is 0.0604. The fourth-order valence-electron chi connectivity index (χ4n) is 6.16. The topological polar surface area (TPSA) is 6.48 Å². The van der Waals surface area contributed by atoms with Crippen molar-refractivity contribution in [3.63, 3.8) is 0 Å². The van der Waals surface area contributed by atoms with Gasteiger partial charge < -0.3 is 0 Å². The quantitative estimate of drug-likeness (QED) is 0.676. The molecule has 4 heterocycles. The minimum Gasteiger partial charge on any atom is -0.299 e. The van der Waals surface area contributed by atoms with Crippen LogP contribution in [-0.2, 0) is 0 Å². The Morgan fingerprint density at radius 2 is 1.04 bits per heavy atom. The van der Waals surface area contributed by atoms with Gasteiger partial charge in [-0.2, -0.15) is 0 Å². The molecule has 4 aliphatic rings. The first-order chi connectivity index (χ1) is 11.1. The van der Waals surface area contributed by atoms with Crippen LogP contribution in [0.15, 0.2) is 0 Å². The molecule has 4 unspecified atom stereocenters. The average Bonchev–Trinajstić information content (AvgIpc) is 2.56. The van der Waals surface area contributed by atoms with Crippen molar-refractivity contribution in [2.24, 2.45) is 0 Å². The van der Waals surface area contributed by atoms with Crippen molar-refractivity contribution in [2.75, 3.05) is 26.2 Å². The molecule has 2 bridgehead atoms. The number of halogens is 1. The summed E-state index contributed by atoms with van der Waals surface area (Å²) in [6, 6.07) is 1.70. The number of hydrogen-bond donors (Lipinski definition) is 0. The van der Waals surface area contributed by atoms with E-state index < -0.39 is 0 Å². The van der Waals surface area contributed by atoms with Gasteiger partial charge in [0.2, 0.25) is 0 Å². The van der Waals surface area contributed by atoms with Crippen LogP contribution in [-0.4, -0.2) is 57.6 Å². The molecule has 0 spiro atoms. The van der Waals surface area contributed by atoms with Gasteiger partial charge in [0, 0.05) is 21.6 Å². The van der Waals surface area contributed by atoms with E-state index in [1.54, 1.807) is 0 Å². The number of fused-ring (bicyclic) bond motifs is 2. The van der Waals surface area contributed by atoms with Crippen LogP contribution in [0.5, 0.6) is 0 Å². The zero-order valence-corrected chi connectivity index (χ0v) is 17.4. The molecule has 0 aromatic rings. The Kier molecular flexibility index (Phi) is 6.17. The SMILES string of the molecule is CC12CCC(N3CCCCC3)C(C)(CCC1N1CCCCC1)S2.Cl. The van der Waals surface area contributed by atoms with Crippen LogP contribution in [0.25, 0.3) is 0 Å². The van der Waals surface area contributed by atoms with Crippen LogP contribution in [0.1, 0.15) is 78.1 Å². The molecule has 4 atom stereocenters. The van der Waals surface area contributed by atoms with Gasteiger partial charge in [0.05, 0.1) is 0 Å². The fraction of sp³-hybridized carbons (Fsp3) is 1.00. The molecule has 4 rings (SSSR count). The van der Waals surface area contributed by atoms with Crippen molar-refractivity contribution in [1.82, 2.24) is 9.80 Å². The highest BCUT2D eigenvalue weighted by Gasteiger charge is 2.55. The lowest BCUT2D eigenvalue weighted by Crippen LogP contribution is -2.64. The minimum atomic E-state index is 0. The van der Waals surface area contributed by atoms with E-state index in [9.17, 15) is 0 Å². The molecule has 0 aromatic carbocycles. The number of rotatable bonds is 2. The first kappa shape index (κ1) is 19.3. The van der Waals surface area contributed by atoms with Gasteiger partial charge in [-0.15, -0.1) is 24.2 Å². The lowest BCUT2D eigenvalue weighted by atomic mass is 9.77. The van der Waals surface area contributed by atoms with Gasteiger partial charge in [-0.3, -0.25) is 9.80 Å². The molecular formula is C20H37ClN2S. The molecule has 0 N–H and O–H groups in total. The Bertz CT molecular complexity index is 384. The Morgan fingerprint density at radius 1 is 0.667 bits per heavy atom. The largest absolute Gasteiger partial charge is 0.299 e. The normalized spacial score (nSPS) is 44.8. The van der Waals surface area contributed by atoms with Crippen molar-refractivity contribution in [1.29, 1.82) is 0 Å². The Balaban J connectivity index is 0.00000169. The molecule has 24 heavy (non-hydrogen) atoms. The number of hydrogen-bond acceptors (Lipinski definition) is 3. The molecule has 4 fully saturated rings. The summed E-state index contributed by atoms with van der Waals surface area (Å²) in [5.74, 6) is 0. The molecule has 0 aliphatic carbocycles. The summed E-state index contributed by atoms with van der Waals surface area (Å²) >= 11 is 2.40. The zero-order valence-electron chi connectivity index (χ0n) is 15.8. The predicted molar refractivity (Wildman–Crippen MR) is 109 cm³/mol. The van der Waals surface area contributed by atoms with Crippen LogP contribution in [0.4, 0.5) is 0 Å². The molecule has 2 nitrogen and oxygen atoms in total. The highest BCUT2D eigenvalue weighted by Crippen LogP contribution is 2.58. The van der Waals surface area contributed by atoms with Gasteiger partial charge >= 0.3 is 0 Å². The third-order valence-corrected chi connectivity index (χ3v) is 9.25. The standard InChI is InChI=1S/C20H36N2S.ClH/c1-19-11-9-18(22-15-7-4-8-16-22)20(2,23-19)12-10-17(19)21-13-5-3-6-14-21;/h17-18H,3-16H2,1-2H3;1H. The first-order valence-corrected chi connectivity index (χ1v) is 11.1. The monoisotopic (exact) mass is 372 g/mol. The second-order valence-corrected chi connectivity index (χ2v) is 11.1. The summed E-state index contributed by atoms with van der Waals surface area (Å²) in [6.45, 7) is 10.7. The van der Waals surface area contributed by atoms with Crippen molar-refractivity contribution in [3.05, 3.63) is 0 Å². The molecule has 4 saturated heterocycles. The lowest BCUT2D eigenvalue weighted by Gasteiger charge is -2.61. The van der Waals surface area contributed by atoms with Gasteiger partial charge in [0.25, 0.3) is 0 Å². The van der Waals surface area contributed by atoms with Gasteiger partial charge in [-0.25, -0.2) is 0 Å². The van der Waals surface area contributed by atoms with E-state index in [1.807, 2.05) is 0 Å². The van der Waals surface area contributed by atoms with Gasteiger partial charge in [0.1, 0.15) is 0 Å². The van der Waals surface area contributed by atoms with Crippen molar-refractivity contribution < 1.29 is 0 Å². The van der Waals surface area contributed by atoms with Crippen LogP contribution < -0.4 is 0 Å². The third kappa shape index (κ3) is 3.52. The van der Waals surface area contributed by atoms with Crippen molar-refractivity contribution in [2.45, 2.75) is 99.6 Å². The molecule has 0 saturated carbocycles. The van der Waals surface area contributed by atoms with Crippen LogP contribution in [0.3, 0.4) is 0 Å². The van der Waals surface area contributed by atoms with Crippen LogP contribution >= 0.6 is 24.2 Å². The molecule has 0 radical (unpaired) electrons. The highest BCUT2D eigenvalue weighted by molar-refractivity contribution is 8.02. The van der Waals surface area contributed by atoms with E-state index in [0.717, 1.165) is 12.1 Å². The summed E-state index contributed by atoms with van der Waals surface area (Å²) in [5.41, 5.74) is 0. The summed E-state index contributed by atoms with van der Waals surface area (Å²) in [4.78, 5) is 5.74. The van der Waals surface area contributed by atoms with Gasteiger partial charge in [-0.1, -0.05) is 12.8 Å². The van der Waals surface area contributed by atoms with E-state index >= 15 is 0 Å². The zero-order chi connectivity index (χ0) is 15.9. The maximum atomic E-state index is 2.87. The number of likely N-dealkylation sites (tertiary alicyclic amines) is 2. The molecule has 140 valence electrons. The second kappa shape index (κ2) is 7.66. The smallest absolute Gasteiger partial charge is 0.0293 e. The van der Waals surface area contributed by atoms with Crippen LogP contribution in [0, 0.1) is 0 Å².